The average Bonchev–Trinajstić information content (AvgIpc) is 3.39. The molecule has 1 saturated carbocycles. The zero-order valence-corrected chi connectivity index (χ0v) is 13.5. The number of carbonyl (C=O) groups excluding carboxylic acids is 2. The summed E-state index contributed by atoms with van der Waals surface area (Å²) in [5, 5.41) is 2.97. The number of nitrogens with one attached hydrogen (secondary N) is 1. The van der Waals surface area contributed by atoms with Gasteiger partial charge in [0.2, 0.25) is 5.91 Å². The lowest BCUT2D eigenvalue weighted by Crippen LogP contribution is -2.30. The molecule has 122 valence electrons. The molecule has 0 atom stereocenters. The van der Waals surface area contributed by atoms with Gasteiger partial charge in [-0.25, -0.2) is 0 Å². The fourth-order valence-corrected chi connectivity index (χ4v) is 2.81. The molecule has 0 aromatic heterocycles. The number of benzene rings is 1. The molecule has 1 saturated heterocycles. The van der Waals surface area contributed by atoms with Crippen LogP contribution < -0.4 is 5.32 Å². The Balaban J connectivity index is 1.56. The number of carbonyl (C=O) groups is 2. The summed E-state index contributed by atoms with van der Waals surface area (Å²) in [7, 11) is 0. The topological polar surface area (TPSA) is 49.4 Å². The minimum atomic E-state index is -0.0105. The molecule has 1 N–H and O–H groups in total. The second-order valence-corrected chi connectivity index (χ2v) is 6.44. The molecule has 1 aliphatic carbocycles. The highest BCUT2D eigenvalue weighted by molar-refractivity contribution is 5.95. The largest absolute Gasteiger partial charge is 0.349 e. The van der Waals surface area contributed by atoms with Crippen molar-refractivity contribution in [2.24, 2.45) is 0 Å². The lowest BCUT2D eigenvalue weighted by Gasteiger charge is -2.17. The van der Waals surface area contributed by atoms with Crippen LogP contribution in [0.1, 0.15) is 54.4 Å². The number of hydrogen-bond acceptors (Lipinski definition) is 2. The average molecular weight is 312 g/mol. The van der Waals surface area contributed by atoms with Gasteiger partial charge in [-0.1, -0.05) is 25.0 Å². The molecule has 1 heterocycles. The van der Waals surface area contributed by atoms with Gasteiger partial charge in [0.1, 0.15) is 0 Å². The first-order valence-corrected chi connectivity index (χ1v) is 8.60. The van der Waals surface area contributed by atoms with Crippen LogP contribution in [0, 0.1) is 0 Å². The van der Waals surface area contributed by atoms with Gasteiger partial charge in [0, 0.05) is 30.8 Å². The SMILES string of the molecule is O=C(NC1CC1)c1ccc(/C=C/C(=O)N2CCCCCC2)cc1. The number of rotatable bonds is 4. The summed E-state index contributed by atoms with van der Waals surface area (Å²) in [6.45, 7) is 1.73. The Bertz CT molecular complexity index is 580. The van der Waals surface area contributed by atoms with Crippen LogP contribution in [-0.2, 0) is 4.79 Å². The molecule has 2 amide bonds. The van der Waals surface area contributed by atoms with Gasteiger partial charge in [0.05, 0.1) is 0 Å². The van der Waals surface area contributed by atoms with E-state index in [2.05, 4.69) is 5.32 Å². The van der Waals surface area contributed by atoms with Gasteiger partial charge in [0.15, 0.2) is 0 Å². The summed E-state index contributed by atoms with van der Waals surface area (Å²) >= 11 is 0. The summed E-state index contributed by atoms with van der Waals surface area (Å²) in [6.07, 6.45) is 10.3. The van der Waals surface area contributed by atoms with E-state index in [0.717, 1.165) is 44.3 Å². The van der Waals surface area contributed by atoms with Gasteiger partial charge in [-0.05, 0) is 49.5 Å². The van der Waals surface area contributed by atoms with Crippen molar-refractivity contribution in [3.63, 3.8) is 0 Å². The highest BCUT2D eigenvalue weighted by atomic mass is 16.2. The molecule has 2 aliphatic rings. The van der Waals surface area contributed by atoms with Crippen molar-refractivity contribution in [3.8, 4) is 0 Å². The molecule has 3 rings (SSSR count). The predicted molar refractivity (Wildman–Crippen MR) is 91.0 cm³/mol. The Kier molecular flexibility index (Phi) is 5.11. The van der Waals surface area contributed by atoms with E-state index in [1.807, 2.05) is 35.2 Å². The first-order valence-electron chi connectivity index (χ1n) is 8.60. The summed E-state index contributed by atoms with van der Waals surface area (Å²) in [5.41, 5.74) is 1.61. The summed E-state index contributed by atoms with van der Waals surface area (Å²) in [4.78, 5) is 26.1. The molecule has 0 unspecified atom stereocenters. The zero-order chi connectivity index (χ0) is 16.1. The van der Waals surface area contributed by atoms with Gasteiger partial charge >= 0.3 is 0 Å². The minimum absolute atomic E-state index is 0.0105. The van der Waals surface area contributed by atoms with Crippen molar-refractivity contribution in [1.82, 2.24) is 10.2 Å². The Morgan fingerprint density at radius 1 is 1.00 bits per heavy atom. The zero-order valence-electron chi connectivity index (χ0n) is 13.5. The van der Waals surface area contributed by atoms with Gasteiger partial charge in [0.25, 0.3) is 5.91 Å². The molecule has 1 aliphatic heterocycles. The summed E-state index contributed by atoms with van der Waals surface area (Å²) in [5.74, 6) is 0.0751. The minimum Gasteiger partial charge on any atom is -0.349 e. The molecule has 1 aromatic rings. The van der Waals surface area contributed by atoms with Crippen molar-refractivity contribution < 1.29 is 9.59 Å². The standard InChI is InChI=1S/C19H24N2O2/c22-18(21-13-3-1-2-4-14-21)12-7-15-5-8-16(9-6-15)19(23)20-17-10-11-17/h5-9,12,17H,1-4,10-11,13-14H2,(H,20,23)/b12-7+. The maximum atomic E-state index is 12.2. The van der Waals surface area contributed by atoms with Crippen molar-refractivity contribution in [2.75, 3.05) is 13.1 Å². The number of amides is 2. The molecule has 1 aromatic carbocycles. The highest BCUT2D eigenvalue weighted by Gasteiger charge is 2.23. The third-order valence-electron chi connectivity index (χ3n) is 4.42. The van der Waals surface area contributed by atoms with E-state index >= 15 is 0 Å². The first-order chi connectivity index (χ1) is 11.2. The fraction of sp³-hybridized carbons (Fsp3) is 0.474. The van der Waals surface area contributed by atoms with Crippen LogP contribution in [0.3, 0.4) is 0 Å². The van der Waals surface area contributed by atoms with E-state index in [1.54, 1.807) is 6.08 Å². The predicted octanol–water partition coefficient (Wildman–Crippen LogP) is 2.99. The molecule has 0 radical (unpaired) electrons. The molecule has 0 spiro atoms. The highest BCUT2D eigenvalue weighted by Crippen LogP contribution is 2.19. The fourth-order valence-electron chi connectivity index (χ4n) is 2.81. The lowest BCUT2D eigenvalue weighted by molar-refractivity contribution is -0.125. The third-order valence-corrected chi connectivity index (χ3v) is 4.42. The third kappa shape index (κ3) is 4.68. The molecule has 2 fully saturated rings. The normalized spacial score (nSPS) is 18.7. The van der Waals surface area contributed by atoms with Gasteiger partial charge in [-0.2, -0.15) is 0 Å². The molecular weight excluding hydrogens is 288 g/mol. The van der Waals surface area contributed by atoms with Crippen LogP contribution in [0.5, 0.6) is 0 Å². The van der Waals surface area contributed by atoms with Crippen molar-refractivity contribution in [1.29, 1.82) is 0 Å². The number of nitrogens with zero attached hydrogens (tertiary/aromatic N) is 1. The van der Waals surface area contributed by atoms with E-state index in [-0.39, 0.29) is 11.8 Å². The molecular formula is C19H24N2O2. The van der Waals surface area contributed by atoms with Gasteiger partial charge < -0.3 is 10.2 Å². The maximum absolute atomic E-state index is 12.2. The van der Waals surface area contributed by atoms with Crippen molar-refractivity contribution in [2.45, 2.75) is 44.6 Å². The number of likely N-dealkylation sites (tertiary alicyclic amines) is 1. The monoisotopic (exact) mass is 312 g/mol. The Morgan fingerprint density at radius 2 is 1.65 bits per heavy atom. The quantitative estimate of drug-likeness (QED) is 0.869. The molecule has 4 heteroatoms. The van der Waals surface area contributed by atoms with Gasteiger partial charge in [-0.3, -0.25) is 9.59 Å². The summed E-state index contributed by atoms with van der Waals surface area (Å²) in [6, 6.07) is 7.76. The lowest BCUT2D eigenvalue weighted by atomic mass is 10.1. The summed E-state index contributed by atoms with van der Waals surface area (Å²) < 4.78 is 0. The van der Waals surface area contributed by atoms with E-state index in [1.165, 1.54) is 12.8 Å². The maximum Gasteiger partial charge on any atom is 0.251 e. The number of hydrogen-bond donors (Lipinski definition) is 1. The van der Waals surface area contributed by atoms with Crippen LogP contribution in [0.4, 0.5) is 0 Å². The van der Waals surface area contributed by atoms with Crippen LogP contribution in [0.2, 0.25) is 0 Å². The van der Waals surface area contributed by atoms with Gasteiger partial charge in [-0.15, -0.1) is 0 Å². The second kappa shape index (κ2) is 7.44. The molecule has 0 bridgehead atoms. The second-order valence-electron chi connectivity index (χ2n) is 6.44. The smallest absolute Gasteiger partial charge is 0.251 e. The Hall–Kier alpha value is -2.10. The van der Waals surface area contributed by atoms with E-state index in [0.29, 0.717) is 11.6 Å². The Morgan fingerprint density at radius 3 is 2.26 bits per heavy atom. The molecule has 4 nitrogen and oxygen atoms in total. The molecule has 23 heavy (non-hydrogen) atoms. The van der Waals surface area contributed by atoms with Crippen molar-refractivity contribution in [3.05, 3.63) is 41.5 Å². The van der Waals surface area contributed by atoms with Crippen LogP contribution in [0.15, 0.2) is 30.3 Å². The van der Waals surface area contributed by atoms with Crippen LogP contribution in [-0.4, -0.2) is 35.8 Å². The van der Waals surface area contributed by atoms with Crippen molar-refractivity contribution >= 4 is 17.9 Å². The van der Waals surface area contributed by atoms with E-state index in [4.69, 9.17) is 0 Å². The van der Waals surface area contributed by atoms with Crippen LogP contribution >= 0.6 is 0 Å². The van der Waals surface area contributed by atoms with E-state index < -0.39 is 0 Å². The first kappa shape index (κ1) is 15.8. The van der Waals surface area contributed by atoms with E-state index in [9.17, 15) is 9.59 Å². The van der Waals surface area contributed by atoms with Crippen LogP contribution in [0.25, 0.3) is 6.08 Å². The Labute approximate surface area is 137 Å².